The lowest BCUT2D eigenvalue weighted by atomic mass is 10.2. The van der Waals surface area contributed by atoms with Crippen molar-refractivity contribution in [1.29, 1.82) is 0 Å². The summed E-state index contributed by atoms with van der Waals surface area (Å²) in [5, 5.41) is 4.10. The Morgan fingerprint density at radius 1 is 0.926 bits per heavy atom. The maximum Gasteiger partial charge on any atom is 0.148 e. The average Bonchev–Trinajstić information content (AvgIpc) is 2.66. The molecule has 0 spiro atoms. The minimum absolute atomic E-state index is 0.446. The second-order valence-electron chi connectivity index (χ2n) is 5.89. The van der Waals surface area contributed by atoms with E-state index in [4.69, 9.17) is 21.1 Å². The molecule has 1 N–H and O–H groups in total. The van der Waals surface area contributed by atoms with Gasteiger partial charge in [-0.1, -0.05) is 23.7 Å². The summed E-state index contributed by atoms with van der Waals surface area (Å²) in [7, 11) is 1.66. The van der Waals surface area contributed by atoms with Crippen LogP contribution in [0.4, 0.5) is 5.69 Å². The van der Waals surface area contributed by atoms with Crippen LogP contribution in [0.5, 0.6) is 11.5 Å². The van der Waals surface area contributed by atoms with E-state index in [1.165, 1.54) is 0 Å². The predicted octanol–water partition coefficient (Wildman–Crippen LogP) is 7.06. The Hall–Kier alpha value is -1.69. The van der Waals surface area contributed by atoms with E-state index < -0.39 is 0 Å². The van der Waals surface area contributed by atoms with E-state index in [-0.39, 0.29) is 0 Å². The predicted molar refractivity (Wildman–Crippen MR) is 118 cm³/mol. The van der Waals surface area contributed by atoms with Gasteiger partial charge in [0.25, 0.3) is 0 Å². The van der Waals surface area contributed by atoms with Crippen LogP contribution in [0.2, 0.25) is 5.02 Å². The molecule has 3 aromatic carbocycles. The largest absolute Gasteiger partial charge is 0.497 e. The summed E-state index contributed by atoms with van der Waals surface area (Å²) in [6, 6.07) is 19.6. The quantitative estimate of drug-likeness (QED) is 0.368. The molecule has 0 saturated heterocycles. The van der Waals surface area contributed by atoms with Gasteiger partial charge >= 0.3 is 0 Å². The third-order valence-corrected chi connectivity index (χ3v) is 5.33. The highest BCUT2D eigenvalue weighted by atomic mass is 79.9. The molecule has 0 radical (unpaired) electrons. The maximum absolute atomic E-state index is 6.02. The summed E-state index contributed by atoms with van der Waals surface area (Å²) in [5.41, 5.74) is 3.18. The van der Waals surface area contributed by atoms with E-state index in [1.807, 2.05) is 48.5 Å². The molecule has 0 aliphatic rings. The minimum atomic E-state index is 0.446. The molecule has 0 amide bonds. The lowest BCUT2D eigenvalue weighted by molar-refractivity contribution is 0.302. The van der Waals surface area contributed by atoms with E-state index in [0.717, 1.165) is 37.3 Å². The summed E-state index contributed by atoms with van der Waals surface area (Å²) in [4.78, 5) is 0. The summed E-state index contributed by atoms with van der Waals surface area (Å²) in [6.45, 7) is 1.14. The summed E-state index contributed by atoms with van der Waals surface area (Å²) < 4.78 is 12.9. The maximum atomic E-state index is 6.02. The fourth-order valence-corrected chi connectivity index (χ4v) is 4.27. The van der Waals surface area contributed by atoms with Crippen LogP contribution >= 0.6 is 43.5 Å². The summed E-state index contributed by atoms with van der Waals surface area (Å²) in [6.07, 6.45) is 0. The fraction of sp³-hybridized carbons (Fsp3) is 0.143. The number of anilines is 1. The Labute approximate surface area is 180 Å². The molecule has 3 aromatic rings. The molecule has 0 fully saturated rings. The van der Waals surface area contributed by atoms with E-state index in [0.29, 0.717) is 18.2 Å². The first-order valence-corrected chi connectivity index (χ1v) is 10.2. The smallest absolute Gasteiger partial charge is 0.148 e. The number of ether oxygens (including phenoxy) is 2. The monoisotopic (exact) mass is 509 g/mol. The van der Waals surface area contributed by atoms with Gasteiger partial charge in [-0.05, 0) is 91.5 Å². The minimum Gasteiger partial charge on any atom is -0.497 e. The second kappa shape index (κ2) is 9.49. The van der Waals surface area contributed by atoms with Crippen molar-refractivity contribution in [1.82, 2.24) is 0 Å². The molecule has 0 heterocycles. The van der Waals surface area contributed by atoms with Crippen molar-refractivity contribution in [3.63, 3.8) is 0 Å². The van der Waals surface area contributed by atoms with Crippen LogP contribution in [0.1, 0.15) is 11.1 Å². The van der Waals surface area contributed by atoms with Crippen LogP contribution in [0, 0.1) is 0 Å². The average molecular weight is 512 g/mol. The molecular formula is C21H18Br2ClNO2. The van der Waals surface area contributed by atoms with E-state index in [2.05, 4.69) is 49.3 Å². The first-order valence-electron chi connectivity index (χ1n) is 8.28. The van der Waals surface area contributed by atoms with Crippen molar-refractivity contribution < 1.29 is 9.47 Å². The molecule has 0 bridgehead atoms. The van der Waals surface area contributed by atoms with Gasteiger partial charge in [0.15, 0.2) is 0 Å². The SMILES string of the molecule is COc1ccc(NCc2cc(Br)c(OCc3cccc(Cl)c3)c(Br)c2)cc1. The van der Waals surface area contributed by atoms with Crippen molar-refractivity contribution in [2.24, 2.45) is 0 Å². The molecule has 0 unspecified atom stereocenters. The zero-order valence-corrected chi connectivity index (χ0v) is 18.6. The van der Waals surface area contributed by atoms with Crippen molar-refractivity contribution in [3.8, 4) is 11.5 Å². The molecule has 0 aliphatic heterocycles. The molecule has 0 aromatic heterocycles. The third kappa shape index (κ3) is 5.64. The van der Waals surface area contributed by atoms with Crippen LogP contribution in [0.25, 0.3) is 0 Å². The number of hydrogen-bond donors (Lipinski definition) is 1. The van der Waals surface area contributed by atoms with Gasteiger partial charge in [0.1, 0.15) is 18.1 Å². The lowest BCUT2D eigenvalue weighted by Gasteiger charge is -2.13. The van der Waals surface area contributed by atoms with Gasteiger partial charge in [0.2, 0.25) is 0 Å². The summed E-state index contributed by atoms with van der Waals surface area (Å²) >= 11 is 13.2. The van der Waals surface area contributed by atoms with Crippen molar-refractivity contribution in [2.45, 2.75) is 13.2 Å². The van der Waals surface area contributed by atoms with Gasteiger partial charge in [-0.3, -0.25) is 0 Å². The molecule has 0 aliphatic carbocycles. The number of hydrogen-bond acceptors (Lipinski definition) is 3. The third-order valence-electron chi connectivity index (χ3n) is 3.92. The lowest BCUT2D eigenvalue weighted by Crippen LogP contribution is -2.01. The Bertz CT molecular complexity index is 893. The fourth-order valence-electron chi connectivity index (χ4n) is 2.55. The van der Waals surface area contributed by atoms with Crippen LogP contribution in [-0.4, -0.2) is 7.11 Å². The van der Waals surface area contributed by atoms with Gasteiger partial charge in [0, 0.05) is 17.3 Å². The van der Waals surface area contributed by atoms with Gasteiger partial charge in [0.05, 0.1) is 16.1 Å². The zero-order chi connectivity index (χ0) is 19.2. The Kier molecular flexibility index (Phi) is 7.05. The van der Waals surface area contributed by atoms with Crippen LogP contribution < -0.4 is 14.8 Å². The number of methoxy groups -OCH3 is 1. The van der Waals surface area contributed by atoms with Crippen LogP contribution in [-0.2, 0) is 13.2 Å². The van der Waals surface area contributed by atoms with Crippen molar-refractivity contribution in [2.75, 3.05) is 12.4 Å². The van der Waals surface area contributed by atoms with E-state index >= 15 is 0 Å². The van der Waals surface area contributed by atoms with E-state index in [1.54, 1.807) is 7.11 Å². The first-order chi connectivity index (χ1) is 13.0. The number of halogens is 3. The highest BCUT2D eigenvalue weighted by Gasteiger charge is 2.10. The Morgan fingerprint density at radius 2 is 1.63 bits per heavy atom. The van der Waals surface area contributed by atoms with Crippen molar-refractivity contribution >= 4 is 49.1 Å². The molecule has 3 rings (SSSR count). The van der Waals surface area contributed by atoms with Crippen molar-refractivity contribution in [3.05, 3.63) is 85.8 Å². The molecule has 27 heavy (non-hydrogen) atoms. The molecule has 0 atom stereocenters. The van der Waals surface area contributed by atoms with Gasteiger partial charge in [-0.2, -0.15) is 0 Å². The second-order valence-corrected chi connectivity index (χ2v) is 8.03. The molecule has 3 nitrogen and oxygen atoms in total. The van der Waals surface area contributed by atoms with Gasteiger partial charge < -0.3 is 14.8 Å². The van der Waals surface area contributed by atoms with Crippen LogP contribution in [0.15, 0.2) is 69.6 Å². The molecule has 6 heteroatoms. The number of benzene rings is 3. The van der Waals surface area contributed by atoms with E-state index in [9.17, 15) is 0 Å². The first kappa shape index (κ1) is 20.1. The van der Waals surface area contributed by atoms with Crippen LogP contribution in [0.3, 0.4) is 0 Å². The molecule has 0 saturated carbocycles. The Morgan fingerprint density at radius 3 is 2.26 bits per heavy atom. The topological polar surface area (TPSA) is 30.5 Å². The highest BCUT2D eigenvalue weighted by Crippen LogP contribution is 2.35. The van der Waals surface area contributed by atoms with Gasteiger partial charge in [-0.15, -0.1) is 0 Å². The Balaban J connectivity index is 1.64. The standard InChI is InChI=1S/C21H18Br2ClNO2/c1-26-18-7-5-17(6-8-18)25-12-15-10-19(22)21(20(23)11-15)27-13-14-3-2-4-16(24)9-14/h2-11,25H,12-13H2,1H3. The highest BCUT2D eigenvalue weighted by molar-refractivity contribution is 9.11. The number of rotatable bonds is 7. The number of nitrogens with one attached hydrogen (secondary N) is 1. The normalized spacial score (nSPS) is 10.5. The molecule has 140 valence electrons. The zero-order valence-electron chi connectivity index (χ0n) is 14.6. The van der Waals surface area contributed by atoms with Gasteiger partial charge in [-0.25, -0.2) is 0 Å². The summed E-state index contributed by atoms with van der Waals surface area (Å²) in [5.74, 6) is 1.61. The molecular weight excluding hydrogens is 493 g/mol.